The zero-order valence-electron chi connectivity index (χ0n) is 13.0. The zero-order valence-corrected chi connectivity index (χ0v) is 14.6. The molecule has 0 atom stereocenters. The van der Waals surface area contributed by atoms with Crippen LogP contribution in [0.25, 0.3) is 10.9 Å². The molecule has 1 radical (unpaired) electrons. The molecular weight excluding hydrogens is 330 g/mol. The molecule has 119 valence electrons. The average molecular weight is 347 g/mol. The topological polar surface area (TPSA) is 34.2 Å². The van der Waals surface area contributed by atoms with Crippen LogP contribution in [0.4, 0.5) is 0 Å². The highest BCUT2D eigenvalue weighted by atomic mass is 35.5. The van der Waals surface area contributed by atoms with E-state index in [0.717, 1.165) is 31.3 Å². The van der Waals surface area contributed by atoms with E-state index in [9.17, 15) is 0 Å². The number of nitrogens with one attached hydrogen (secondary N) is 1. The number of hydrogen-bond donors (Lipinski definition) is 1. The summed E-state index contributed by atoms with van der Waals surface area (Å²) in [7, 11) is 3.27. The number of aromatic nitrogens is 1. The van der Waals surface area contributed by atoms with Gasteiger partial charge >= 0.3 is 0 Å². The normalized spacial score (nSPS) is 11.0. The summed E-state index contributed by atoms with van der Waals surface area (Å²) in [6.07, 6.45) is 2.64. The second-order valence-corrected chi connectivity index (χ2v) is 6.47. The first kappa shape index (κ1) is 16.1. The van der Waals surface area contributed by atoms with Crippen molar-refractivity contribution < 1.29 is 9.47 Å². The monoisotopic (exact) mass is 346 g/mol. The summed E-state index contributed by atoms with van der Waals surface area (Å²) in [6, 6.07) is 9.82. The molecule has 3 nitrogen and oxygen atoms in total. The van der Waals surface area contributed by atoms with Crippen molar-refractivity contribution in [3.8, 4) is 11.5 Å². The first-order valence-electron chi connectivity index (χ1n) is 7.15. The van der Waals surface area contributed by atoms with Crippen LogP contribution >= 0.6 is 23.4 Å². The maximum absolute atomic E-state index is 6.36. The number of ether oxygens (including phenoxy) is 2. The molecule has 1 aromatic heterocycles. The largest absolute Gasteiger partial charge is 0.493 e. The van der Waals surface area contributed by atoms with Gasteiger partial charge in [-0.1, -0.05) is 29.4 Å². The molecule has 0 bridgehead atoms. The molecule has 3 rings (SSSR count). The maximum Gasteiger partial charge on any atom is 0.161 e. The minimum atomic E-state index is 0.665. The van der Waals surface area contributed by atoms with E-state index < -0.39 is 0 Å². The fourth-order valence-corrected chi connectivity index (χ4v) is 3.97. The van der Waals surface area contributed by atoms with Crippen LogP contribution < -0.4 is 9.47 Å². The fourth-order valence-electron chi connectivity index (χ4n) is 2.50. The first-order valence-corrected chi connectivity index (χ1v) is 8.35. The summed E-state index contributed by atoms with van der Waals surface area (Å²) in [5, 5.41) is 1.77. The van der Waals surface area contributed by atoms with Gasteiger partial charge in [-0.15, -0.1) is 0 Å². The molecule has 2 aromatic carbocycles. The van der Waals surface area contributed by atoms with Gasteiger partial charge in [0, 0.05) is 26.9 Å². The lowest BCUT2D eigenvalue weighted by Crippen LogP contribution is -1.94. The second kappa shape index (κ2) is 6.77. The number of rotatable bonds is 5. The molecule has 0 spiro atoms. The third kappa shape index (κ3) is 3.01. The molecule has 0 unspecified atom stereocenters. The highest BCUT2D eigenvalue weighted by Gasteiger charge is 2.14. The Morgan fingerprint density at radius 1 is 1.13 bits per heavy atom. The van der Waals surface area contributed by atoms with Crippen molar-refractivity contribution in [1.29, 1.82) is 0 Å². The molecule has 1 heterocycles. The number of fused-ring (bicyclic) bond motifs is 1. The van der Waals surface area contributed by atoms with Gasteiger partial charge in [-0.3, -0.25) is 0 Å². The minimum absolute atomic E-state index is 0.665. The summed E-state index contributed by atoms with van der Waals surface area (Å²) in [5.41, 5.74) is 2.13. The van der Waals surface area contributed by atoms with E-state index in [1.54, 1.807) is 26.0 Å². The van der Waals surface area contributed by atoms with E-state index >= 15 is 0 Å². The van der Waals surface area contributed by atoms with Gasteiger partial charge in [0.15, 0.2) is 11.5 Å². The summed E-state index contributed by atoms with van der Waals surface area (Å²) in [6.45, 7) is 4.01. The number of aromatic amines is 1. The van der Waals surface area contributed by atoms with Gasteiger partial charge in [0.1, 0.15) is 0 Å². The minimum Gasteiger partial charge on any atom is -0.493 e. The standard InChI is InChI=1S/C18H17ClNO2S/c1-4-11-8-14(21-2)15(22-3)9-16(11)23-17-10-20-13-7-5-6-12(19)18(13)17/h5-10,20H,1,4H2,2-3H3. The van der Waals surface area contributed by atoms with E-state index in [4.69, 9.17) is 21.1 Å². The Hall–Kier alpha value is -1.78. The molecular formula is C18H17ClNO2S. The van der Waals surface area contributed by atoms with Crippen LogP contribution in [0.2, 0.25) is 5.02 Å². The maximum atomic E-state index is 6.36. The predicted molar refractivity (Wildman–Crippen MR) is 96.0 cm³/mol. The molecule has 0 aliphatic carbocycles. The number of H-pyrrole nitrogens is 1. The summed E-state index contributed by atoms with van der Waals surface area (Å²) < 4.78 is 10.8. The van der Waals surface area contributed by atoms with Gasteiger partial charge in [0.05, 0.1) is 19.2 Å². The van der Waals surface area contributed by atoms with Crippen molar-refractivity contribution >= 4 is 34.3 Å². The van der Waals surface area contributed by atoms with Gasteiger partial charge < -0.3 is 14.5 Å². The summed E-state index contributed by atoms with van der Waals surface area (Å²) in [5.74, 6) is 1.42. The molecule has 0 amide bonds. The first-order chi connectivity index (χ1) is 11.2. The quantitative estimate of drug-likeness (QED) is 0.674. The Labute approximate surface area is 144 Å². The van der Waals surface area contributed by atoms with Crippen LogP contribution in [0, 0.1) is 6.92 Å². The second-order valence-electron chi connectivity index (χ2n) is 4.98. The Morgan fingerprint density at radius 3 is 2.57 bits per heavy atom. The van der Waals surface area contributed by atoms with Crippen LogP contribution in [0.1, 0.15) is 5.56 Å². The predicted octanol–water partition coefficient (Wildman–Crippen LogP) is 5.37. The third-order valence-corrected chi connectivity index (χ3v) is 5.13. The SMILES string of the molecule is [CH2]Cc1cc(OC)c(OC)cc1Sc1c[nH]c2cccc(Cl)c12. The van der Waals surface area contributed by atoms with Crippen LogP contribution in [0.5, 0.6) is 11.5 Å². The molecule has 0 saturated heterocycles. The summed E-state index contributed by atoms with van der Waals surface area (Å²) >= 11 is 8.01. The molecule has 0 fully saturated rings. The number of halogens is 1. The lowest BCUT2D eigenvalue weighted by atomic mass is 10.1. The lowest BCUT2D eigenvalue weighted by Gasteiger charge is -2.13. The zero-order chi connectivity index (χ0) is 16.4. The van der Waals surface area contributed by atoms with E-state index in [1.807, 2.05) is 36.5 Å². The lowest BCUT2D eigenvalue weighted by molar-refractivity contribution is 0.353. The van der Waals surface area contributed by atoms with Crippen LogP contribution in [0.3, 0.4) is 0 Å². The smallest absolute Gasteiger partial charge is 0.161 e. The number of methoxy groups -OCH3 is 2. The fraction of sp³-hybridized carbons (Fsp3) is 0.167. The average Bonchev–Trinajstić information content (AvgIpc) is 2.98. The Morgan fingerprint density at radius 2 is 1.87 bits per heavy atom. The van der Waals surface area contributed by atoms with E-state index in [1.165, 1.54) is 0 Å². The Balaban J connectivity index is 2.08. The number of benzene rings is 2. The van der Waals surface area contributed by atoms with E-state index in [2.05, 4.69) is 11.9 Å². The number of hydrogen-bond acceptors (Lipinski definition) is 3. The van der Waals surface area contributed by atoms with E-state index in [-0.39, 0.29) is 0 Å². The molecule has 1 N–H and O–H groups in total. The van der Waals surface area contributed by atoms with Crippen LogP contribution in [0.15, 0.2) is 46.3 Å². The highest BCUT2D eigenvalue weighted by Crippen LogP contribution is 2.42. The van der Waals surface area contributed by atoms with Gasteiger partial charge in [-0.05, 0) is 43.2 Å². The van der Waals surface area contributed by atoms with Crippen molar-refractivity contribution in [2.45, 2.75) is 16.2 Å². The molecule has 0 aliphatic rings. The van der Waals surface area contributed by atoms with Gasteiger partial charge in [-0.25, -0.2) is 0 Å². The van der Waals surface area contributed by atoms with Crippen molar-refractivity contribution in [1.82, 2.24) is 4.98 Å². The molecule has 3 aromatic rings. The van der Waals surface area contributed by atoms with Gasteiger partial charge in [0.2, 0.25) is 0 Å². The molecule has 5 heteroatoms. The highest BCUT2D eigenvalue weighted by molar-refractivity contribution is 7.99. The Kier molecular flexibility index (Phi) is 4.74. The molecule has 0 aliphatic heterocycles. The van der Waals surface area contributed by atoms with E-state index in [0.29, 0.717) is 17.9 Å². The third-order valence-electron chi connectivity index (χ3n) is 3.67. The van der Waals surface area contributed by atoms with Crippen LogP contribution in [-0.4, -0.2) is 19.2 Å². The summed E-state index contributed by atoms with van der Waals surface area (Å²) in [4.78, 5) is 5.42. The van der Waals surface area contributed by atoms with Crippen molar-refractivity contribution in [2.75, 3.05) is 14.2 Å². The van der Waals surface area contributed by atoms with Gasteiger partial charge in [0.25, 0.3) is 0 Å². The molecule has 0 saturated carbocycles. The van der Waals surface area contributed by atoms with Crippen molar-refractivity contribution in [3.05, 3.63) is 54.0 Å². The van der Waals surface area contributed by atoms with Crippen LogP contribution in [-0.2, 0) is 6.42 Å². The van der Waals surface area contributed by atoms with Gasteiger partial charge in [-0.2, -0.15) is 0 Å². The van der Waals surface area contributed by atoms with Crippen molar-refractivity contribution in [3.63, 3.8) is 0 Å². The van der Waals surface area contributed by atoms with Crippen molar-refractivity contribution in [2.24, 2.45) is 0 Å². The Bertz CT molecular complexity index is 844. The molecule has 23 heavy (non-hydrogen) atoms.